The molecule has 2 heterocycles. The Morgan fingerprint density at radius 2 is 2.05 bits per heavy atom. The number of aryl methyl sites for hydroxylation is 1. The van der Waals surface area contributed by atoms with E-state index < -0.39 is 0 Å². The first-order valence-corrected chi connectivity index (χ1v) is 8.48. The molecule has 0 saturated carbocycles. The molecule has 0 spiro atoms. The van der Waals surface area contributed by atoms with Crippen LogP contribution in [0.2, 0.25) is 0 Å². The fourth-order valence-corrected chi connectivity index (χ4v) is 3.76. The molecule has 3 rings (SSSR count). The second-order valence-corrected chi connectivity index (χ2v) is 6.46. The Hall–Kier alpha value is -1.20. The minimum absolute atomic E-state index is 0.790. The normalized spacial score (nSPS) is 16.9. The highest BCUT2D eigenvalue weighted by atomic mass is 32.2. The van der Waals surface area contributed by atoms with Crippen LogP contribution in [0, 0.1) is 0 Å². The number of imidazole rings is 1. The molecule has 0 bridgehead atoms. The van der Waals surface area contributed by atoms with Crippen LogP contribution in [-0.2, 0) is 13.0 Å². The van der Waals surface area contributed by atoms with Crippen molar-refractivity contribution >= 4 is 28.5 Å². The Balaban J connectivity index is 1.81. The lowest BCUT2D eigenvalue weighted by Gasteiger charge is -2.26. The molecule has 0 atom stereocenters. The van der Waals surface area contributed by atoms with Gasteiger partial charge in [0.2, 0.25) is 0 Å². The molecule has 0 aliphatic carbocycles. The molecule has 1 aromatic heterocycles. The van der Waals surface area contributed by atoms with Crippen LogP contribution in [0.3, 0.4) is 0 Å². The maximum absolute atomic E-state index is 5.86. The zero-order valence-electron chi connectivity index (χ0n) is 12.0. The molecular weight excluding hydrogens is 268 g/mol. The van der Waals surface area contributed by atoms with Crippen molar-refractivity contribution in [1.29, 1.82) is 0 Å². The largest absolute Gasteiger partial charge is 0.399 e. The van der Waals surface area contributed by atoms with Crippen LogP contribution in [0.5, 0.6) is 0 Å². The molecule has 0 radical (unpaired) electrons. The Kier molecular flexibility index (Phi) is 4.17. The molecule has 1 aliphatic rings. The fourth-order valence-electron chi connectivity index (χ4n) is 2.78. The van der Waals surface area contributed by atoms with E-state index in [1.165, 1.54) is 30.1 Å². The second kappa shape index (κ2) is 6.06. The Bertz CT molecular complexity index is 587. The molecule has 0 amide bonds. The summed E-state index contributed by atoms with van der Waals surface area (Å²) in [5.74, 6) is 3.70. The van der Waals surface area contributed by atoms with Gasteiger partial charge in [0.05, 0.1) is 11.0 Å². The molecule has 4 nitrogen and oxygen atoms in total. The quantitative estimate of drug-likeness (QED) is 0.877. The number of nitrogens with two attached hydrogens (primary N) is 1. The third-order valence-corrected chi connectivity index (χ3v) is 4.85. The first-order valence-electron chi connectivity index (χ1n) is 7.32. The lowest BCUT2D eigenvalue weighted by atomic mass is 10.3. The van der Waals surface area contributed by atoms with Crippen molar-refractivity contribution in [2.75, 3.05) is 36.9 Å². The Morgan fingerprint density at radius 1 is 1.25 bits per heavy atom. The summed E-state index contributed by atoms with van der Waals surface area (Å²) in [4.78, 5) is 7.27. The highest BCUT2D eigenvalue weighted by molar-refractivity contribution is 7.99. The summed E-state index contributed by atoms with van der Waals surface area (Å²) in [6.45, 7) is 6.73. The van der Waals surface area contributed by atoms with E-state index in [1.54, 1.807) is 0 Å². The van der Waals surface area contributed by atoms with Crippen LogP contribution in [-0.4, -0.2) is 45.6 Å². The van der Waals surface area contributed by atoms with Crippen molar-refractivity contribution in [1.82, 2.24) is 14.5 Å². The molecule has 2 N–H and O–H groups in total. The van der Waals surface area contributed by atoms with Gasteiger partial charge in [-0.2, -0.15) is 11.8 Å². The van der Waals surface area contributed by atoms with Gasteiger partial charge in [-0.3, -0.25) is 4.90 Å². The van der Waals surface area contributed by atoms with Gasteiger partial charge >= 0.3 is 0 Å². The number of nitrogens with zero attached hydrogens (tertiary/aromatic N) is 3. The third-order valence-electron chi connectivity index (χ3n) is 3.91. The van der Waals surface area contributed by atoms with Gasteiger partial charge in [0.15, 0.2) is 0 Å². The van der Waals surface area contributed by atoms with E-state index in [2.05, 4.69) is 34.2 Å². The molecule has 0 unspecified atom stereocenters. The number of rotatable bonds is 4. The second-order valence-electron chi connectivity index (χ2n) is 5.24. The van der Waals surface area contributed by atoms with Crippen LogP contribution in [0.25, 0.3) is 11.0 Å². The summed E-state index contributed by atoms with van der Waals surface area (Å²) in [6, 6.07) is 6.04. The molecule has 1 aliphatic heterocycles. The first-order chi connectivity index (χ1) is 9.78. The fraction of sp³-hybridized carbons (Fsp3) is 0.533. The third kappa shape index (κ3) is 2.79. The minimum atomic E-state index is 0.790. The SMILES string of the molecule is CCc1nc2cc(N)ccc2n1CCN1CCSCC1. The van der Waals surface area contributed by atoms with Gasteiger partial charge in [-0.05, 0) is 18.2 Å². The van der Waals surface area contributed by atoms with E-state index in [9.17, 15) is 0 Å². The van der Waals surface area contributed by atoms with E-state index in [1.807, 2.05) is 12.1 Å². The van der Waals surface area contributed by atoms with Crippen LogP contribution in [0.1, 0.15) is 12.7 Å². The average molecular weight is 290 g/mol. The number of hydrogen-bond donors (Lipinski definition) is 1. The monoisotopic (exact) mass is 290 g/mol. The number of thioether (sulfide) groups is 1. The highest BCUT2D eigenvalue weighted by Crippen LogP contribution is 2.20. The molecule has 5 heteroatoms. The Labute approximate surface area is 124 Å². The van der Waals surface area contributed by atoms with Crippen LogP contribution >= 0.6 is 11.8 Å². The number of nitrogen functional groups attached to an aromatic ring is 1. The molecular formula is C15H22N4S. The maximum Gasteiger partial charge on any atom is 0.109 e. The van der Waals surface area contributed by atoms with E-state index in [0.717, 1.165) is 36.5 Å². The van der Waals surface area contributed by atoms with Gasteiger partial charge in [-0.1, -0.05) is 6.92 Å². The number of hydrogen-bond acceptors (Lipinski definition) is 4. The number of aromatic nitrogens is 2. The number of anilines is 1. The lowest BCUT2D eigenvalue weighted by Crippen LogP contribution is -2.35. The smallest absolute Gasteiger partial charge is 0.109 e. The van der Waals surface area contributed by atoms with Crippen LogP contribution in [0.15, 0.2) is 18.2 Å². The number of fused-ring (bicyclic) bond motifs is 1. The summed E-state index contributed by atoms with van der Waals surface area (Å²) in [7, 11) is 0. The van der Waals surface area contributed by atoms with Crippen molar-refractivity contribution in [3.63, 3.8) is 0 Å². The van der Waals surface area contributed by atoms with E-state index in [4.69, 9.17) is 10.7 Å². The van der Waals surface area contributed by atoms with Gasteiger partial charge in [-0.25, -0.2) is 4.98 Å². The van der Waals surface area contributed by atoms with E-state index in [-0.39, 0.29) is 0 Å². The molecule has 1 saturated heterocycles. The van der Waals surface area contributed by atoms with Gasteiger partial charge in [0.1, 0.15) is 5.82 Å². The summed E-state index contributed by atoms with van der Waals surface area (Å²) in [5.41, 5.74) is 8.88. The molecule has 108 valence electrons. The van der Waals surface area contributed by atoms with Crippen molar-refractivity contribution in [3.05, 3.63) is 24.0 Å². The maximum atomic E-state index is 5.86. The highest BCUT2D eigenvalue weighted by Gasteiger charge is 2.13. The summed E-state index contributed by atoms with van der Waals surface area (Å²) in [5, 5.41) is 0. The standard InChI is InChI=1S/C15H22N4S/c1-2-15-17-13-11-12(16)3-4-14(13)19(15)6-5-18-7-9-20-10-8-18/h3-4,11H,2,5-10,16H2,1H3. The van der Waals surface area contributed by atoms with Crippen molar-refractivity contribution in [2.45, 2.75) is 19.9 Å². The van der Waals surface area contributed by atoms with Crippen molar-refractivity contribution < 1.29 is 0 Å². The summed E-state index contributed by atoms with van der Waals surface area (Å²) in [6.07, 6.45) is 0.963. The Morgan fingerprint density at radius 3 is 2.80 bits per heavy atom. The predicted molar refractivity (Wildman–Crippen MR) is 87.3 cm³/mol. The predicted octanol–water partition coefficient (Wildman–Crippen LogP) is 2.23. The van der Waals surface area contributed by atoms with Gasteiger partial charge < -0.3 is 10.3 Å². The molecule has 1 fully saturated rings. The van der Waals surface area contributed by atoms with Crippen molar-refractivity contribution in [2.24, 2.45) is 0 Å². The molecule has 1 aromatic carbocycles. The van der Waals surface area contributed by atoms with E-state index in [0.29, 0.717) is 0 Å². The van der Waals surface area contributed by atoms with Crippen molar-refractivity contribution in [3.8, 4) is 0 Å². The summed E-state index contributed by atoms with van der Waals surface area (Å²) < 4.78 is 2.36. The minimum Gasteiger partial charge on any atom is -0.399 e. The zero-order valence-corrected chi connectivity index (χ0v) is 12.8. The summed E-state index contributed by atoms with van der Waals surface area (Å²) >= 11 is 2.06. The van der Waals surface area contributed by atoms with Gasteiger partial charge in [0.25, 0.3) is 0 Å². The van der Waals surface area contributed by atoms with Gasteiger partial charge in [-0.15, -0.1) is 0 Å². The van der Waals surface area contributed by atoms with E-state index >= 15 is 0 Å². The zero-order chi connectivity index (χ0) is 13.9. The number of benzene rings is 1. The van der Waals surface area contributed by atoms with Crippen LogP contribution in [0.4, 0.5) is 5.69 Å². The average Bonchev–Trinajstić information content (AvgIpc) is 2.83. The molecule has 20 heavy (non-hydrogen) atoms. The first kappa shape index (κ1) is 13.8. The van der Waals surface area contributed by atoms with Crippen LogP contribution < -0.4 is 5.73 Å². The van der Waals surface area contributed by atoms with Gasteiger partial charge in [0, 0.05) is 49.8 Å². The topological polar surface area (TPSA) is 47.1 Å². The molecule has 2 aromatic rings. The lowest BCUT2D eigenvalue weighted by molar-refractivity contribution is 0.289.